The third-order valence-corrected chi connectivity index (χ3v) is 3.85. The van der Waals surface area contributed by atoms with Gasteiger partial charge in [0.1, 0.15) is 5.82 Å². The molecule has 2 aromatic rings. The molecule has 0 aromatic heterocycles. The molecule has 5 heteroatoms. The SMILES string of the molecule is Fc1cc(C=Nc2ccccc2Cl)ccc1N1CCOCC1. The van der Waals surface area contributed by atoms with Crippen molar-refractivity contribution >= 4 is 29.2 Å². The molecule has 0 bridgehead atoms. The second kappa shape index (κ2) is 6.90. The molecule has 0 amide bonds. The number of halogens is 2. The van der Waals surface area contributed by atoms with Crippen molar-refractivity contribution in [2.24, 2.45) is 4.99 Å². The third-order valence-electron chi connectivity index (χ3n) is 3.53. The number of benzene rings is 2. The van der Waals surface area contributed by atoms with Crippen LogP contribution in [0.4, 0.5) is 15.8 Å². The largest absolute Gasteiger partial charge is 0.378 e. The summed E-state index contributed by atoms with van der Waals surface area (Å²) >= 11 is 6.04. The van der Waals surface area contributed by atoms with Gasteiger partial charge in [0.15, 0.2) is 0 Å². The number of rotatable bonds is 3. The van der Waals surface area contributed by atoms with E-state index in [1.807, 2.05) is 29.2 Å². The standard InChI is InChI=1S/C17H16ClFN2O/c18-14-3-1-2-4-16(14)20-12-13-5-6-17(15(19)11-13)21-7-9-22-10-8-21/h1-6,11-12H,7-10H2. The average Bonchev–Trinajstić information content (AvgIpc) is 2.55. The summed E-state index contributed by atoms with van der Waals surface area (Å²) in [6.07, 6.45) is 1.62. The van der Waals surface area contributed by atoms with Crippen LogP contribution < -0.4 is 4.90 Å². The van der Waals surface area contributed by atoms with E-state index in [1.165, 1.54) is 6.07 Å². The molecule has 2 aromatic carbocycles. The van der Waals surface area contributed by atoms with Crippen LogP contribution in [-0.2, 0) is 4.74 Å². The van der Waals surface area contributed by atoms with Crippen LogP contribution in [0.1, 0.15) is 5.56 Å². The molecule has 0 radical (unpaired) electrons. The highest BCUT2D eigenvalue weighted by molar-refractivity contribution is 6.33. The van der Waals surface area contributed by atoms with Gasteiger partial charge in [-0.3, -0.25) is 4.99 Å². The van der Waals surface area contributed by atoms with Gasteiger partial charge in [0.25, 0.3) is 0 Å². The summed E-state index contributed by atoms with van der Waals surface area (Å²) in [5.74, 6) is -0.245. The van der Waals surface area contributed by atoms with Crippen molar-refractivity contribution in [3.63, 3.8) is 0 Å². The molecule has 0 aliphatic carbocycles. The zero-order chi connectivity index (χ0) is 15.4. The predicted octanol–water partition coefficient (Wildman–Crippen LogP) is 4.07. The summed E-state index contributed by atoms with van der Waals surface area (Å²) in [5, 5.41) is 0.573. The first kappa shape index (κ1) is 15.0. The highest BCUT2D eigenvalue weighted by atomic mass is 35.5. The lowest BCUT2D eigenvalue weighted by atomic mass is 10.2. The van der Waals surface area contributed by atoms with Crippen molar-refractivity contribution in [2.45, 2.75) is 0 Å². The minimum absolute atomic E-state index is 0.245. The fraction of sp³-hybridized carbons (Fsp3) is 0.235. The molecule has 0 unspecified atom stereocenters. The normalized spacial score (nSPS) is 15.5. The Kier molecular flexibility index (Phi) is 4.71. The predicted molar refractivity (Wildman–Crippen MR) is 88.1 cm³/mol. The van der Waals surface area contributed by atoms with Crippen LogP contribution in [0.25, 0.3) is 0 Å². The molecule has 114 valence electrons. The summed E-state index contributed by atoms with van der Waals surface area (Å²) in [6, 6.07) is 12.4. The van der Waals surface area contributed by atoms with E-state index >= 15 is 0 Å². The molecule has 3 nitrogen and oxygen atoms in total. The van der Waals surface area contributed by atoms with E-state index < -0.39 is 0 Å². The lowest BCUT2D eigenvalue weighted by Crippen LogP contribution is -2.36. The fourth-order valence-electron chi connectivity index (χ4n) is 2.36. The Morgan fingerprint density at radius 2 is 1.91 bits per heavy atom. The number of anilines is 1. The van der Waals surface area contributed by atoms with E-state index in [1.54, 1.807) is 18.3 Å². The second-order valence-electron chi connectivity index (χ2n) is 5.02. The van der Waals surface area contributed by atoms with Gasteiger partial charge in [-0.15, -0.1) is 0 Å². The van der Waals surface area contributed by atoms with E-state index in [2.05, 4.69) is 4.99 Å². The Labute approximate surface area is 134 Å². The molecule has 0 spiro atoms. The molecular weight excluding hydrogens is 303 g/mol. The summed E-state index contributed by atoms with van der Waals surface area (Å²) in [4.78, 5) is 6.30. The Morgan fingerprint density at radius 1 is 1.14 bits per heavy atom. The lowest BCUT2D eigenvalue weighted by Gasteiger charge is -2.29. The number of ether oxygens (including phenoxy) is 1. The molecule has 0 atom stereocenters. The van der Waals surface area contributed by atoms with E-state index in [-0.39, 0.29) is 5.82 Å². The number of nitrogens with zero attached hydrogens (tertiary/aromatic N) is 2. The van der Waals surface area contributed by atoms with Gasteiger partial charge in [-0.05, 0) is 29.8 Å². The van der Waals surface area contributed by atoms with Crippen LogP contribution in [0.15, 0.2) is 47.5 Å². The van der Waals surface area contributed by atoms with Gasteiger partial charge in [0.2, 0.25) is 0 Å². The second-order valence-corrected chi connectivity index (χ2v) is 5.43. The number of morpholine rings is 1. The maximum absolute atomic E-state index is 14.3. The number of para-hydroxylation sites is 1. The van der Waals surface area contributed by atoms with E-state index in [9.17, 15) is 4.39 Å². The van der Waals surface area contributed by atoms with Gasteiger partial charge >= 0.3 is 0 Å². The third kappa shape index (κ3) is 3.46. The van der Waals surface area contributed by atoms with Crippen LogP contribution in [0, 0.1) is 5.82 Å². The summed E-state index contributed by atoms with van der Waals surface area (Å²) in [6.45, 7) is 2.69. The molecule has 1 saturated heterocycles. The number of hydrogen-bond acceptors (Lipinski definition) is 3. The Hall–Kier alpha value is -1.91. The van der Waals surface area contributed by atoms with E-state index in [0.29, 0.717) is 48.3 Å². The van der Waals surface area contributed by atoms with Crippen LogP contribution >= 0.6 is 11.6 Å². The van der Waals surface area contributed by atoms with Gasteiger partial charge in [-0.2, -0.15) is 0 Å². The van der Waals surface area contributed by atoms with Gasteiger partial charge in [0.05, 0.1) is 29.6 Å². The molecule has 1 aliphatic rings. The zero-order valence-corrected chi connectivity index (χ0v) is 12.8. The van der Waals surface area contributed by atoms with Gasteiger partial charge in [-0.25, -0.2) is 4.39 Å². The lowest BCUT2D eigenvalue weighted by molar-refractivity contribution is 0.122. The smallest absolute Gasteiger partial charge is 0.147 e. The van der Waals surface area contributed by atoms with E-state index in [4.69, 9.17) is 16.3 Å². The molecule has 1 fully saturated rings. The highest BCUT2D eigenvalue weighted by Gasteiger charge is 2.14. The van der Waals surface area contributed by atoms with Crippen LogP contribution in [0.2, 0.25) is 5.02 Å². The first-order valence-corrected chi connectivity index (χ1v) is 7.53. The van der Waals surface area contributed by atoms with Crippen molar-refractivity contribution < 1.29 is 9.13 Å². The Morgan fingerprint density at radius 3 is 2.64 bits per heavy atom. The summed E-state index contributed by atoms with van der Waals surface area (Å²) < 4.78 is 19.6. The summed E-state index contributed by atoms with van der Waals surface area (Å²) in [7, 11) is 0. The van der Waals surface area contributed by atoms with Crippen molar-refractivity contribution in [1.82, 2.24) is 0 Å². The Bertz CT molecular complexity index is 684. The topological polar surface area (TPSA) is 24.8 Å². The van der Waals surface area contributed by atoms with Gasteiger partial charge in [0, 0.05) is 19.3 Å². The molecule has 1 aliphatic heterocycles. The van der Waals surface area contributed by atoms with Crippen molar-refractivity contribution in [3.05, 3.63) is 58.9 Å². The first-order valence-electron chi connectivity index (χ1n) is 7.15. The van der Waals surface area contributed by atoms with Gasteiger partial charge < -0.3 is 9.64 Å². The van der Waals surface area contributed by atoms with Gasteiger partial charge in [-0.1, -0.05) is 29.8 Å². The molecule has 0 saturated carbocycles. The Balaban J connectivity index is 1.78. The highest BCUT2D eigenvalue weighted by Crippen LogP contribution is 2.24. The van der Waals surface area contributed by atoms with Crippen LogP contribution in [0.3, 0.4) is 0 Å². The monoisotopic (exact) mass is 318 g/mol. The van der Waals surface area contributed by atoms with Crippen LogP contribution in [-0.4, -0.2) is 32.5 Å². The van der Waals surface area contributed by atoms with Crippen molar-refractivity contribution in [2.75, 3.05) is 31.2 Å². The maximum Gasteiger partial charge on any atom is 0.147 e. The zero-order valence-electron chi connectivity index (χ0n) is 12.0. The van der Waals surface area contributed by atoms with Crippen molar-refractivity contribution in [1.29, 1.82) is 0 Å². The average molecular weight is 319 g/mol. The van der Waals surface area contributed by atoms with E-state index in [0.717, 1.165) is 0 Å². The minimum atomic E-state index is -0.245. The fourth-order valence-corrected chi connectivity index (χ4v) is 2.55. The van der Waals surface area contributed by atoms with Crippen molar-refractivity contribution in [3.8, 4) is 0 Å². The molecule has 22 heavy (non-hydrogen) atoms. The number of aliphatic imine (C=N–C) groups is 1. The minimum Gasteiger partial charge on any atom is -0.378 e. The quantitative estimate of drug-likeness (QED) is 0.797. The first-order chi connectivity index (χ1) is 10.7. The summed E-state index contributed by atoms with van der Waals surface area (Å²) in [5.41, 5.74) is 1.98. The number of hydrogen-bond donors (Lipinski definition) is 0. The van der Waals surface area contributed by atoms with Crippen LogP contribution in [0.5, 0.6) is 0 Å². The molecule has 0 N–H and O–H groups in total. The molecule has 1 heterocycles. The molecule has 3 rings (SSSR count). The molecular formula is C17H16ClFN2O. The maximum atomic E-state index is 14.3.